The molecular weight excluding hydrogens is 116 g/mol. The molecule has 0 aliphatic carbocycles. The molecule has 0 atom stereocenters. The van der Waals surface area contributed by atoms with E-state index in [-0.39, 0.29) is 0 Å². The fourth-order valence-electron chi connectivity index (χ4n) is 0.491. The van der Waals surface area contributed by atoms with Gasteiger partial charge in [0.25, 0.3) is 0 Å². The number of allylic oxidation sites excluding steroid dienone is 1. The van der Waals surface area contributed by atoms with Crippen molar-refractivity contribution in [2.75, 3.05) is 0 Å². The van der Waals surface area contributed by atoms with Crippen LogP contribution in [0.2, 0.25) is 0 Å². The largest absolute Gasteiger partial charge is 0.424 e. The topological polar surface area (TPSA) is 38.9 Å². The number of hydrogen-bond donors (Lipinski definition) is 0. The monoisotopic (exact) mass is 124 g/mol. The molecule has 1 aromatic heterocycles. The summed E-state index contributed by atoms with van der Waals surface area (Å²) in [5.41, 5.74) is 1.15. The molecule has 9 heavy (non-hydrogen) atoms. The second kappa shape index (κ2) is 2.44. The molecular formula is C6H8N2O. The minimum atomic E-state index is 0.565. The molecule has 0 fully saturated rings. The third-order valence-corrected chi connectivity index (χ3v) is 0.789. The first-order valence-corrected chi connectivity index (χ1v) is 2.70. The van der Waals surface area contributed by atoms with Crippen molar-refractivity contribution in [2.45, 2.75) is 13.8 Å². The standard InChI is InChI=1S/C6H8N2O/c1-5(2)3-6-8-7-4-9-6/h3-4H,1-2H3. The van der Waals surface area contributed by atoms with Gasteiger partial charge in [-0.1, -0.05) is 5.57 Å². The Morgan fingerprint density at radius 3 is 2.89 bits per heavy atom. The van der Waals surface area contributed by atoms with Crippen LogP contribution in [0.1, 0.15) is 19.7 Å². The van der Waals surface area contributed by atoms with E-state index in [4.69, 9.17) is 4.42 Å². The van der Waals surface area contributed by atoms with Crippen molar-refractivity contribution in [3.63, 3.8) is 0 Å². The molecule has 0 spiro atoms. The van der Waals surface area contributed by atoms with Crippen molar-refractivity contribution in [1.82, 2.24) is 10.2 Å². The van der Waals surface area contributed by atoms with Gasteiger partial charge in [0.15, 0.2) is 0 Å². The van der Waals surface area contributed by atoms with Crippen LogP contribution in [-0.4, -0.2) is 10.2 Å². The first kappa shape index (κ1) is 6.01. The Hall–Kier alpha value is -1.12. The van der Waals surface area contributed by atoms with Crippen molar-refractivity contribution in [2.24, 2.45) is 0 Å². The molecule has 0 N–H and O–H groups in total. The minimum Gasteiger partial charge on any atom is -0.424 e. The highest BCUT2D eigenvalue weighted by Crippen LogP contribution is 1.99. The molecule has 3 heteroatoms. The highest BCUT2D eigenvalue weighted by atomic mass is 16.4. The first-order chi connectivity index (χ1) is 4.29. The van der Waals surface area contributed by atoms with E-state index in [2.05, 4.69) is 10.2 Å². The summed E-state index contributed by atoms with van der Waals surface area (Å²) in [5, 5.41) is 7.18. The van der Waals surface area contributed by atoms with Gasteiger partial charge >= 0.3 is 0 Å². The Morgan fingerprint density at radius 2 is 2.44 bits per heavy atom. The molecule has 48 valence electrons. The molecule has 0 saturated carbocycles. The fourth-order valence-corrected chi connectivity index (χ4v) is 0.491. The highest BCUT2D eigenvalue weighted by Gasteiger charge is 1.89. The molecule has 1 heterocycles. The van der Waals surface area contributed by atoms with E-state index in [1.165, 1.54) is 6.39 Å². The predicted octanol–water partition coefficient (Wildman–Crippen LogP) is 1.49. The molecule has 0 aromatic carbocycles. The normalized spacial score (nSPS) is 9.11. The summed E-state index contributed by atoms with van der Waals surface area (Å²) in [7, 11) is 0. The first-order valence-electron chi connectivity index (χ1n) is 2.70. The van der Waals surface area contributed by atoms with Crippen molar-refractivity contribution in [3.05, 3.63) is 17.9 Å². The summed E-state index contributed by atoms with van der Waals surface area (Å²) in [6.07, 6.45) is 3.14. The van der Waals surface area contributed by atoms with Crippen molar-refractivity contribution in [3.8, 4) is 0 Å². The number of hydrogen-bond acceptors (Lipinski definition) is 3. The predicted molar refractivity (Wildman–Crippen MR) is 33.6 cm³/mol. The van der Waals surface area contributed by atoms with Crippen LogP contribution in [0.4, 0.5) is 0 Å². The quantitative estimate of drug-likeness (QED) is 0.569. The summed E-state index contributed by atoms with van der Waals surface area (Å²) in [5.74, 6) is 0.565. The summed E-state index contributed by atoms with van der Waals surface area (Å²) < 4.78 is 4.85. The van der Waals surface area contributed by atoms with Gasteiger partial charge in [-0.15, -0.1) is 10.2 Å². The maximum Gasteiger partial charge on any atom is 0.240 e. The third-order valence-electron chi connectivity index (χ3n) is 0.789. The lowest BCUT2D eigenvalue weighted by Gasteiger charge is -1.81. The minimum absolute atomic E-state index is 0.565. The Bertz CT molecular complexity index is 197. The lowest BCUT2D eigenvalue weighted by Crippen LogP contribution is -1.71. The summed E-state index contributed by atoms with van der Waals surface area (Å²) >= 11 is 0. The molecule has 0 bridgehead atoms. The maximum absolute atomic E-state index is 4.85. The molecule has 0 aliphatic rings. The lowest BCUT2D eigenvalue weighted by molar-refractivity contribution is 0.542. The van der Waals surface area contributed by atoms with E-state index in [1.807, 2.05) is 19.9 Å². The van der Waals surface area contributed by atoms with Gasteiger partial charge in [0.1, 0.15) is 0 Å². The number of aromatic nitrogens is 2. The zero-order valence-electron chi connectivity index (χ0n) is 5.46. The van der Waals surface area contributed by atoms with E-state index in [9.17, 15) is 0 Å². The van der Waals surface area contributed by atoms with Gasteiger partial charge in [-0.2, -0.15) is 0 Å². The average Bonchev–Trinajstić information content (AvgIpc) is 2.15. The van der Waals surface area contributed by atoms with Gasteiger partial charge in [-0.3, -0.25) is 0 Å². The van der Waals surface area contributed by atoms with Crippen LogP contribution in [0.5, 0.6) is 0 Å². The molecule has 1 aromatic rings. The van der Waals surface area contributed by atoms with Crippen LogP contribution < -0.4 is 0 Å². The van der Waals surface area contributed by atoms with Crippen LogP contribution >= 0.6 is 0 Å². The van der Waals surface area contributed by atoms with E-state index in [0.29, 0.717) is 5.89 Å². The van der Waals surface area contributed by atoms with Crippen LogP contribution in [0.25, 0.3) is 6.08 Å². The van der Waals surface area contributed by atoms with E-state index in [0.717, 1.165) is 5.57 Å². The molecule has 1 rings (SSSR count). The van der Waals surface area contributed by atoms with E-state index in [1.54, 1.807) is 0 Å². The SMILES string of the molecule is CC(C)=Cc1nnco1. The second-order valence-corrected chi connectivity index (χ2v) is 2.00. The zero-order chi connectivity index (χ0) is 6.69. The van der Waals surface area contributed by atoms with Gasteiger partial charge in [0.2, 0.25) is 12.3 Å². The molecule has 0 aliphatic heterocycles. The Kier molecular flexibility index (Phi) is 1.63. The third kappa shape index (κ3) is 1.68. The molecule has 0 radical (unpaired) electrons. The van der Waals surface area contributed by atoms with Gasteiger partial charge in [-0.25, -0.2) is 0 Å². The van der Waals surface area contributed by atoms with Crippen LogP contribution in [0.3, 0.4) is 0 Å². The summed E-state index contributed by atoms with van der Waals surface area (Å²) in [4.78, 5) is 0. The van der Waals surface area contributed by atoms with Crippen molar-refractivity contribution < 1.29 is 4.42 Å². The Morgan fingerprint density at radius 1 is 1.67 bits per heavy atom. The van der Waals surface area contributed by atoms with Crippen LogP contribution in [0.15, 0.2) is 16.4 Å². The smallest absolute Gasteiger partial charge is 0.240 e. The van der Waals surface area contributed by atoms with E-state index >= 15 is 0 Å². The van der Waals surface area contributed by atoms with Gasteiger partial charge in [-0.05, 0) is 13.8 Å². The Labute approximate surface area is 53.4 Å². The van der Waals surface area contributed by atoms with Crippen molar-refractivity contribution in [1.29, 1.82) is 0 Å². The highest BCUT2D eigenvalue weighted by molar-refractivity contribution is 5.40. The van der Waals surface area contributed by atoms with Gasteiger partial charge < -0.3 is 4.42 Å². The van der Waals surface area contributed by atoms with Gasteiger partial charge in [0.05, 0.1) is 0 Å². The van der Waals surface area contributed by atoms with Gasteiger partial charge in [0, 0.05) is 6.08 Å². The summed E-state index contributed by atoms with van der Waals surface area (Å²) in [6, 6.07) is 0. The molecule has 0 unspecified atom stereocenters. The fraction of sp³-hybridized carbons (Fsp3) is 0.333. The second-order valence-electron chi connectivity index (χ2n) is 2.00. The summed E-state index contributed by atoms with van der Waals surface area (Å²) in [6.45, 7) is 3.95. The molecule has 0 amide bonds. The van der Waals surface area contributed by atoms with Crippen LogP contribution in [-0.2, 0) is 0 Å². The lowest BCUT2D eigenvalue weighted by atomic mass is 10.3. The van der Waals surface area contributed by atoms with Crippen molar-refractivity contribution >= 4 is 6.08 Å². The molecule has 0 saturated heterocycles. The Balaban J connectivity index is 2.80. The molecule has 3 nitrogen and oxygen atoms in total. The van der Waals surface area contributed by atoms with E-state index < -0.39 is 0 Å². The van der Waals surface area contributed by atoms with Crippen LogP contribution in [0, 0.1) is 0 Å². The maximum atomic E-state index is 4.85. The zero-order valence-corrected chi connectivity index (χ0v) is 5.46. The number of rotatable bonds is 1. The average molecular weight is 124 g/mol. The number of nitrogens with zero attached hydrogens (tertiary/aromatic N) is 2.